The molecule has 2 fully saturated rings. The number of alkyl halides is 2. The summed E-state index contributed by atoms with van der Waals surface area (Å²) in [6.45, 7) is 1.84. The summed E-state index contributed by atoms with van der Waals surface area (Å²) in [5, 5.41) is 2.46. The van der Waals surface area contributed by atoms with E-state index in [2.05, 4.69) is 5.32 Å². The molecule has 2 aromatic carbocycles. The van der Waals surface area contributed by atoms with Crippen LogP contribution >= 0.6 is 0 Å². The number of amides is 2. The number of nitrogens with zero attached hydrogens (tertiary/aromatic N) is 1. The molecule has 2 aliphatic rings. The van der Waals surface area contributed by atoms with Gasteiger partial charge in [0, 0.05) is 11.3 Å². The molecule has 2 aromatic rings. The van der Waals surface area contributed by atoms with Gasteiger partial charge >= 0.3 is 5.92 Å². The lowest BCUT2D eigenvalue weighted by Gasteiger charge is -2.46. The molecule has 0 aromatic heterocycles. The highest BCUT2D eigenvalue weighted by Crippen LogP contribution is 2.37. The van der Waals surface area contributed by atoms with Gasteiger partial charge in [-0.25, -0.2) is 8.78 Å². The van der Waals surface area contributed by atoms with Crippen molar-refractivity contribution in [2.45, 2.75) is 44.2 Å². The predicted molar refractivity (Wildman–Crippen MR) is 108 cm³/mol. The van der Waals surface area contributed by atoms with E-state index in [0.29, 0.717) is 18.9 Å². The van der Waals surface area contributed by atoms with Crippen LogP contribution in [-0.4, -0.2) is 42.0 Å². The van der Waals surface area contributed by atoms with Crippen molar-refractivity contribution in [1.29, 1.82) is 0 Å². The molecule has 0 saturated carbocycles. The molecule has 9 heteroatoms. The van der Waals surface area contributed by atoms with Crippen molar-refractivity contribution >= 4 is 17.5 Å². The number of rotatable bonds is 4. The van der Waals surface area contributed by atoms with E-state index in [-0.39, 0.29) is 30.0 Å². The zero-order valence-electron chi connectivity index (χ0n) is 17.3. The normalized spacial score (nSPS) is 20.7. The van der Waals surface area contributed by atoms with Crippen molar-refractivity contribution in [3.05, 3.63) is 64.7 Å². The molecule has 2 saturated heterocycles. The Labute approximate surface area is 182 Å². The fourth-order valence-corrected chi connectivity index (χ4v) is 4.27. The number of hydrogen-bond donors (Lipinski definition) is 1. The molecule has 0 radical (unpaired) electrons. The van der Waals surface area contributed by atoms with Crippen LogP contribution in [-0.2, 0) is 15.5 Å². The van der Waals surface area contributed by atoms with Crippen LogP contribution in [0.1, 0.15) is 40.7 Å². The third-order valence-corrected chi connectivity index (χ3v) is 5.97. The SMILES string of the molecule is Cc1cc(NC(=O)c2ccc(F)c(C(F)(F)C(=O)N3C4CCCC3COC4)c2)ccc1F. The minimum Gasteiger partial charge on any atom is -0.377 e. The molecule has 2 heterocycles. The van der Waals surface area contributed by atoms with E-state index < -0.39 is 47.0 Å². The van der Waals surface area contributed by atoms with Crippen molar-refractivity contribution in [2.24, 2.45) is 0 Å². The lowest BCUT2D eigenvalue weighted by Crippen LogP contribution is -2.60. The number of aryl methyl sites for hydroxylation is 1. The monoisotopic (exact) mass is 450 g/mol. The summed E-state index contributed by atoms with van der Waals surface area (Å²) in [7, 11) is 0. The lowest BCUT2D eigenvalue weighted by molar-refractivity contribution is -0.177. The van der Waals surface area contributed by atoms with Gasteiger partial charge < -0.3 is 15.0 Å². The molecule has 2 aliphatic heterocycles. The Morgan fingerprint density at radius 3 is 2.34 bits per heavy atom. The van der Waals surface area contributed by atoms with Gasteiger partial charge in [0.05, 0.1) is 30.9 Å². The molecule has 0 aliphatic carbocycles. The second kappa shape index (κ2) is 8.54. The molecular formula is C23H22F4N2O3. The first-order valence-corrected chi connectivity index (χ1v) is 10.3. The standard InChI is InChI=1S/C23H22F4N2O3/c1-13-9-15(6-8-19(13)24)28-21(30)14-5-7-20(25)18(10-14)23(26,27)22(31)29-16-3-2-4-17(29)12-32-11-16/h5-10,16-17H,2-4,11-12H2,1H3,(H,28,30). The van der Waals surface area contributed by atoms with Crippen LogP contribution in [0.4, 0.5) is 23.2 Å². The maximum absolute atomic E-state index is 15.2. The van der Waals surface area contributed by atoms with Gasteiger partial charge in [-0.05, 0) is 68.1 Å². The number of nitrogens with one attached hydrogen (secondary N) is 1. The van der Waals surface area contributed by atoms with E-state index in [1.54, 1.807) is 0 Å². The topological polar surface area (TPSA) is 58.6 Å². The van der Waals surface area contributed by atoms with Crippen molar-refractivity contribution in [3.8, 4) is 0 Å². The van der Waals surface area contributed by atoms with E-state index in [4.69, 9.17) is 4.74 Å². The Balaban J connectivity index is 1.60. The number of anilines is 1. The van der Waals surface area contributed by atoms with E-state index >= 15 is 8.78 Å². The maximum Gasteiger partial charge on any atom is 0.352 e. The van der Waals surface area contributed by atoms with E-state index in [0.717, 1.165) is 29.5 Å². The Morgan fingerprint density at radius 2 is 1.69 bits per heavy atom. The zero-order valence-corrected chi connectivity index (χ0v) is 17.3. The third kappa shape index (κ3) is 4.09. The van der Waals surface area contributed by atoms with E-state index in [1.165, 1.54) is 19.1 Å². The molecule has 32 heavy (non-hydrogen) atoms. The highest BCUT2D eigenvalue weighted by atomic mass is 19.3. The van der Waals surface area contributed by atoms with Crippen LogP contribution in [0.2, 0.25) is 0 Å². The average molecular weight is 450 g/mol. The van der Waals surface area contributed by atoms with Gasteiger partial charge in [0.1, 0.15) is 11.6 Å². The minimum absolute atomic E-state index is 0.167. The molecule has 2 amide bonds. The summed E-state index contributed by atoms with van der Waals surface area (Å²) in [6.07, 6.45) is 1.89. The van der Waals surface area contributed by atoms with Crippen LogP contribution in [0.25, 0.3) is 0 Å². The first-order chi connectivity index (χ1) is 15.2. The van der Waals surface area contributed by atoms with Crippen LogP contribution < -0.4 is 5.32 Å². The number of hydrogen-bond acceptors (Lipinski definition) is 3. The number of carbonyl (C=O) groups is 2. The summed E-state index contributed by atoms with van der Waals surface area (Å²) in [6, 6.07) is 5.39. The molecule has 170 valence electrons. The van der Waals surface area contributed by atoms with E-state index in [9.17, 15) is 18.4 Å². The molecule has 2 unspecified atom stereocenters. The van der Waals surface area contributed by atoms with Crippen LogP contribution in [0, 0.1) is 18.6 Å². The second-order valence-corrected chi connectivity index (χ2v) is 8.18. The van der Waals surface area contributed by atoms with Gasteiger partial charge in [-0.2, -0.15) is 8.78 Å². The highest BCUT2D eigenvalue weighted by molar-refractivity contribution is 6.04. The number of piperidine rings is 1. The smallest absolute Gasteiger partial charge is 0.352 e. The quantitative estimate of drug-likeness (QED) is 0.703. The van der Waals surface area contributed by atoms with Gasteiger partial charge in [-0.15, -0.1) is 0 Å². The van der Waals surface area contributed by atoms with Gasteiger partial charge in [0.15, 0.2) is 0 Å². The first kappa shape index (κ1) is 22.3. The summed E-state index contributed by atoms with van der Waals surface area (Å²) in [5.41, 5.74) is -0.868. The average Bonchev–Trinajstić information content (AvgIpc) is 2.75. The third-order valence-electron chi connectivity index (χ3n) is 5.97. The van der Waals surface area contributed by atoms with Crippen molar-refractivity contribution in [1.82, 2.24) is 4.90 Å². The molecule has 2 bridgehead atoms. The molecule has 1 N–H and O–H groups in total. The number of fused-ring (bicyclic) bond motifs is 2. The Bertz CT molecular complexity index is 1040. The number of ether oxygens (including phenoxy) is 1. The van der Waals surface area contributed by atoms with Gasteiger partial charge in [-0.1, -0.05) is 0 Å². The molecule has 0 spiro atoms. The number of carbonyl (C=O) groups excluding carboxylic acids is 2. The minimum atomic E-state index is -4.15. The zero-order chi connectivity index (χ0) is 23.0. The van der Waals surface area contributed by atoms with Crippen molar-refractivity contribution in [3.63, 3.8) is 0 Å². The van der Waals surface area contributed by atoms with Crippen LogP contribution in [0.15, 0.2) is 36.4 Å². The predicted octanol–water partition coefficient (Wildman–Crippen LogP) is 4.40. The summed E-state index contributed by atoms with van der Waals surface area (Å²) in [4.78, 5) is 26.5. The largest absolute Gasteiger partial charge is 0.377 e. The van der Waals surface area contributed by atoms with Crippen LogP contribution in [0.5, 0.6) is 0 Å². The van der Waals surface area contributed by atoms with Crippen molar-refractivity contribution < 1.29 is 31.9 Å². The lowest BCUT2D eigenvalue weighted by atomic mass is 9.92. The molecular weight excluding hydrogens is 428 g/mol. The summed E-state index contributed by atoms with van der Waals surface area (Å²) in [5.74, 6) is -8.17. The first-order valence-electron chi connectivity index (χ1n) is 10.3. The molecule has 5 nitrogen and oxygen atoms in total. The van der Waals surface area contributed by atoms with Gasteiger partial charge in [0.25, 0.3) is 11.8 Å². The fourth-order valence-electron chi connectivity index (χ4n) is 4.27. The summed E-state index contributed by atoms with van der Waals surface area (Å²) >= 11 is 0. The van der Waals surface area contributed by atoms with Gasteiger partial charge in [0.2, 0.25) is 0 Å². The van der Waals surface area contributed by atoms with Crippen molar-refractivity contribution in [2.75, 3.05) is 18.5 Å². The Kier molecular flexibility index (Phi) is 5.94. The van der Waals surface area contributed by atoms with Gasteiger partial charge in [-0.3, -0.25) is 9.59 Å². The fraction of sp³-hybridized carbons (Fsp3) is 0.391. The number of halogens is 4. The number of morpholine rings is 1. The summed E-state index contributed by atoms with van der Waals surface area (Å²) < 4.78 is 63.7. The molecule has 4 rings (SSSR count). The van der Waals surface area contributed by atoms with E-state index in [1.807, 2.05) is 0 Å². The maximum atomic E-state index is 15.2. The molecule has 2 atom stereocenters. The highest BCUT2D eigenvalue weighted by Gasteiger charge is 2.51. The second-order valence-electron chi connectivity index (χ2n) is 8.18. The Hall–Kier alpha value is -2.94. The number of benzene rings is 2. The Morgan fingerprint density at radius 1 is 1.03 bits per heavy atom. The van der Waals surface area contributed by atoms with Crippen LogP contribution in [0.3, 0.4) is 0 Å².